The molecule has 1 aromatic carbocycles. The topological polar surface area (TPSA) is 49.8 Å². The zero-order valence-electron chi connectivity index (χ0n) is 12.4. The maximum absolute atomic E-state index is 4.47. The van der Waals surface area contributed by atoms with Crippen LogP contribution in [0.2, 0.25) is 0 Å². The normalized spacial score (nSPS) is 10.2. The van der Waals surface area contributed by atoms with Crippen LogP contribution in [0.15, 0.2) is 36.9 Å². The van der Waals surface area contributed by atoms with Crippen molar-refractivity contribution in [1.29, 1.82) is 0 Å². The molecule has 0 saturated heterocycles. The van der Waals surface area contributed by atoms with Crippen LogP contribution >= 0.6 is 12.1 Å². The van der Waals surface area contributed by atoms with Gasteiger partial charge in [0.1, 0.15) is 0 Å². The molecule has 0 bridgehead atoms. The van der Waals surface area contributed by atoms with Crippen LogP contribution in [-0.4, -0.2) is 9.97 Å². The molecule has 0 spiro atoms. The number of hydrogen-bond donors (Lipinski definition) is 2. The third kappa shape index (κ3) is 4.23. The van der Waals surface area contributed by atoms with Gasteiger partial charge in [-0.15, -0.1) is 0 Å². The lowest BCUT2D eigenvalue weighted by Gasteiger charge is -2.10. The molecule has 5 heteroatoms. The van der Waals surface area contributed by atoms with Crippen molar-refractivity contribution in [2.75, 3.05) is 9.44 Å². The Hall–Kier alpha value is -2.01. The molecule has 1 aromatic heterocycles. The minimum atomic E-state index is 0.639. The second-order valence-corrected chi connectivity index (χ2v) is 5.09. The van der Waals surface area contributed by atoms with E-state index in [1.807, 2.05) is 30.3 Å². The Labute approximate surface area is 130 Å². The first-order valence-corrected chi connectivity index (χ1v) is 7.84. The van der Waals surface area contributed by atoms with Gasteiger partial charge in [0.25, 0.3) is 0 Å². The van der Waals surface area contributed by atoms with Crippen LogP contribution in [0.25, 0.3) is 6.08 Å². The van der Waals surface area contributed by atoms with Crippen LogP contribution in [0.4, 0.5) is 11.6 Å². The number of nitrogens with zero attached hydrogens (tertiary/aromatic N) is 2. The standard InChI is InChI=1S/C16H20N4S/c1-4-12-9-7-8-10-15(12)19-21-20-16-17-13(5-2)11-14(6-3)18-16/h4,7-11,19H,1,5-6H2,2-3H3,(H,17,18,20). The zero-order chi connectivity index (χ0) is 15.1. The summed E-state index contributed by atoms with van der Waals surface area (Å²) in [6.45, 7) is 8.00. The van der Waals surface area contributed by atoms with Crippen molar-refractivity contribution in [2.24, 2.45) is 0 Å². The molecular weight excluding hydrogens is 280 g/mol. The lowest BCUT2D eigenvalue weighted by molar-refractivity contribution is 0.947. The lowest BCUT2D eigenvalue weighted by atomic mass is 10.2. The van der Waals surface area contributed by atoms with Crippen molar-refractivity contribution >= 4 is 29.8 Å². The first-order valence-electron chi connectivity index (χ1n) is 7.03. The first-order chi connectivity index (χ1) is 10.3. The molecule has 21 heavy (non-hydrogen) atoms. The summed E-state index contributed by atoms with van der Waals surface area (Å²) in [6, 6.07) is 10.0. The summed E-state index contributed by atoms with van der Waals surface area (Å²) in [6.07, 6.45) is 3.63. The van der Waals surface area contributed by atoms with Crippen LogP contribution in [0.3, 0.4) is 0 Å². The van der Waals surface area contributed by atoms with Crippen LogP contribution in [-0.2, 0) is 12.8 Å². The van der Waals surface area contributed by atoms with Gasteiger partial charge in [0.05, 0.1) is 17.8 Å². The van der Waals surface area contributed by atoms with E-state index >= 15 is 0 Å². The summed E-state index contributed by atoms with van der Waals surface area (Å²) in [5.41, 5.74) is 4.17. The fourth-order valence-corrected chi connectivity index (χ4v) is 2.39. The Kier molecular flexibility index (Phi) is 5.63. The van der Waals surface area contributed by atoms with E-state index in [1.165, 1.54) is 12.1 Å². The molecular formula is C16H20N4S. The molecule has 0 aliphatic rings. The molecule has 0 unspecified atom stereocenters. The average molecular weight is 300 g/mol. The van der Waals surface area contributed by atoms with Crippen molar-refractivity contribution < 1.29 is 0 Å². The molecule has 0 aliphatic heterocycles. The Morgan fingerprint density at radius 2 is 1.76 bits per heavy atom. The van der Waals surface area contributed by atoms with Gasteiger partial charge in [-0.2, -0.15) is 0 Å². The molecule has 2 N–H and O–H groups in total. The average Bonchev–Trinajstić information content (AvgIpc) is 2.54. The second-order valence-electron chi connectivity index (χ2n) is 4.48. The van der Waals surface area contributed by atoms with Gasteiger partial charge in [0.2, 0.25) is 5.95 Å². The summed E-state index contributed by atoms with van der Waals surface area (Å²) < 4.78 is 6.38. The molecule has 0 atom stereocenters. The van der Waals surface area contributed by atoms with E-state index in [4.69, 9.17) is 0 Å². The van der Waals surface area contributed by atoms with Crippen molar-refractivity contribution in [3.63, 3.8) is 0 Å². The number of aromatic nitrogens is 2. The number of hydrogen-bond acceptors (Lipinski definition) is 5. The lowest BCUT2D eigenvalue weighted by Crippen LogP contribution is -2.04. The number of rotatable bonds is 7. The van der Waals surface area contributed by atoms with Crippen LogP contribution in [0.1, 0.15) is 30.8 Å². The fourth-order valence-electron chi connectivity index (χ4n) is 1.86. The van der Waals surface area contributed by atoms with Crippen molar-refractivity contribution in [3.8, 4) is 0 Å². The van der Waals surface area contributed by atoms with Crippen LogP contribution in [0, 0.1) is 0 Å². The van der Waals surface area contributed by atoms with E-state index in [2.05, 4.69) is 45.9 Å². The van der Waals surface area contributed by atoms with Gasteiger partial charge in [-0.25, -0.2) is 9.97 Å². The Morgan fingerprint density at radius 1 is 1.10 bits per heavy atom. The number of benzene rings is 1. The summed E-state index contributed by atoms with van der Waals surface area (Å²) >= 11 is 1.35. The van der Waals surface area contributed by atoms with E-state index < -0.39 is 0 Å². The van der Waals surface area contributed by atoms with E-state index in [0.717, 1.165) is 35.5 Å². The SMILES string of the molecule is C=Cc1ccccc1NSNc1nc(CC)cc(CC)n1. The van der Waals surface area contributed by atoms with E-state index in [9.17, 15) is 0 Å². The predicted molar refractivity (Wildman–Crippen MR) is 92.2 cm³/mol. The largest absolute Gasteiger partial charge is 0.312 e. The summed E-state index contributed by atoms with van der Waals surface area (Å²) in [5.74, 6) is 0.639. The van der Waals surface area contributed by atoms with Crippen LogP contribution < -0.4 is 9.44 Å². The Balaban J connectivity index is 2.01. The Bertz CT molecular complexity index is 591. The summed E-state index contributed by atoms with van der Waals surface area (Å²) in [7, 11) is 0. The maximum atomic E-state index is 4.47. The van der Waals surface area contributed by atoms with E-state index in [1.54, 1.807) is 0 Å². The van der Waals surface area contributed by atoms with Crippen LogP contribution in [0.5, 0.6) is 0 Å². The maximum Gasteiger partial charge on any atom is 0.234 e. The third-order valence-electron chi connectivity index (χ3n) is 3.04. The van der Waals surface area contributed by atoms with Crippen molar-refractivity contribution in [3.05, 3.63) is 53.9 Å². The molecule has 0 aliphatic carbocycles. The predicted octanol–water partition coefficient (Wildman–Crippen LogP) is 4.33. The molecule has 2 aromatic rings. The number of para-hydroxylation sites is 1. The highest BCUT2D eigenvalue weighted by Gasteiger charge is 2.03. The quantitative estimate of drug-likeness (QED) is 0.745. The highest BCUT2D eigenvalue weighted by molar-refractivity contribution is 8.01. The minimum Gasteiger partial charge on any atom is -0.312 e. The van der Waals surface area contributed by atoms with Gasteiger partial charge >= 0.3 is 0 Å². The molecule has 0 saturated carbocycles. The highest BCUT2D eigenvalue weighted by Crippen LogP contribution is 2.20. The summed E-state index contributed by atoms with van der Waals surface area (Å²) in [4.78, 5) is 8.94. The van der Waals surface area contributed by atoms with E-state index in [0.29, 0.717) is 5.95 Å². The highest BCUT2D eigenvalue weighted by atomic mass is 32.2. The molecule has 2 rings (SSSR count). The smallest absolute Gasteiger partial charge is 0.234 e. The molecule has 0 fully saturated rings. The van der Waals surface area contributed by atoms with Gasteiger partial charge in [0, 0.05) is 11.4 Å². The van der Waals surface area contributed by atoms with Gasteiger partial charge in [-0.3, -0.25) is 4.72 Å². The van der Waals surface area contributed by atoms with Gasteiger partial charge < -0.3 is 4.72 Å². The minimum absolute atomic E-state index is 0.639. The molecule has 4 nitrogen and oxygen atoms in total. The van der Waals surface area contributed by atoms with Gasteiger partial charge in [0.15, 0.2) is 0 Å². The van der Waals surface area contributed by atoms with E-state index in [-0.39, 0.29) is 0 Å². The molecule has 0 radical (unpaired) electrons. The second kappa shape index (κ2) is 7.69. The van der Waals surface area contributed by atoms with Crippen molar-refractivity contribution in [2.45, 2.75) is 26.7 Å². The first kappa shape index (κ1) is 15.4. The zero-order valence-corrected chi connectivity index (χ0v) is 13.2. The van der Waals surface area contributed by atoms with Gasteiger partial charge in [-0.1, -0.05) is 44.7 Å². The molecule has 1 heterocycles. The molecule has 110 valence electrons. The number of aryl methyl sites for hydroxylation is 2. The fraction of sp³-hybridized carbons (Fsp3) is 0.250. The molecule has 0 amide bonds. The van der Waals surface area contributed by atoms with Gasteiger partial charge in [-0.05, 0) is 30.5 Å². The number of nitrogens with one attached hydrogen (secondary N) is 2. The third-order valence-corrected chi connectivity index (χ3v) is 3.65. The monoisotopic (exact) mass is 300 g/mol. The number of anilines is 2. The van der Waals surface area contributed by atoms with Crippen molar-refractivity contribution in [1.82, 2.24) is 9.97 Å². The Morgan fingerprint density at radius 3 is 2.38 bits per heavy atom. The summed E-state index contributed by atoms with van der Waals surface area (Å²) in [5, 5.41) is 0.